The van der Waals surface area contributed by atoms with Gasteiger partial charge in [-0.2, -0.15) is 0 Å². The summed E-state index contributed by atoms with van der Waals surface area (Å²) in [5.41, 5.74) is 5.93. The highest BCUT2D eigenvalue weighted by atomic mass is 16.3. The van der Waals surface area contributed by atoms with Crippen molar-refractivity contribution < 1.29 is 5.11 Å². The first-order chi connectivity index (χ1) is 7.80. The molecule has 0 aliphatic rings. The molecule has 5 N–H and O–H groups in total. The molecule has 1 aromatic rings. The molecule has 1 aromatic carbocycles. The molecule has 90 valence electrons. The van der Waals surface area contributed by atoms with Gasteiger partial charge in [0.25, 0.3) is 0 Å². The molecule has 0 saturated heterocycles. The number of benzene rings is 1. The van der Waals surface area contributed by atoms with E-state index in [4.69, 9.17) is 16.6 Å². The van der Waals surface area contributed by atoms with Crippen LogP contribution in [0.5, 0.6) is 0 Å². The normalized spacial score (nSPS) is 11.7. The van der Waals surface area contributed by atoms with Gasteiger partial charge in [0, 0.05) is 0 Å². The molecule has 0 amide bonds. The number of amidine groups is 1. The molecule has 0 aromatic heterocycles. The second-order valence-corrected chi connectivity index (χ2v) is 4.34. The van der Waals surface area contributed by atoms with Crippen LogP contribution in [-0.4, -0.2) is 16.7 Å². The third-order valence-corrected chi connectivity index (χ3v) is 2.31. The third kappa shape index (κ3) is 3.85. The summed E-state index contributed by atoms with van der Waals surface area (Å²) in [6, 6.07) is 7.14. The van der Waals surface area contributed by atoms with Crippen LogP contribution in [0.15, 0.2) is 36.4 Å². The first-order valence-electron chi connectivity index (χ1n) is 5.24. The molecule has 0 unspecified atom stereocenters. The average Bonchev–Trinajstić information content (AvgIpc) is 2.25. The monoisotopic (exact) mass is 231 g/mol. The van der Waals surface area contributed by atoms with Crippen molar-refractivity contribution in [3.05, 3.63) is 47.5 Å². The van der Waals surface area contributed by atoms with E-state index in [2.05, 4.69) is 0 Å². The Hall–Kier alpha value is -1.94. The summed E-state index contributed by atoms with van der Waals surface area (Å²) in [6.45, 7) is 3.39. The highest BCUT2D eigenvalue weighted by Gasteiger charge is 2.16. The van der Waals surface area contributed by atoms with Gasteiger partial charge in [-0.15, -0.1) is 0 Å². The first kappa shape index (κ1) is 13.1. The van der Waals surface area contributed by atoms with Gasteiger partial charge < -0.3 is 16.2 Å². The number of aliphatic hydroxyl groups is 1. The molecular formula is C13H17N3O. The zero-order chi connectivity index (χ0) is 13.1. The van der Waals surface area contributed by atoms with Crippen LogP contribution in [0.4, 0.5) is 0 Å². The van der Waals surface area contributed by atoms with Gasteiger partial charge in [-0.05, 0) is 43.2 Å². The van der Waals surface area contributed by atoms with Crippen molar-refractivity contribution in [2.24, 2.45) is 5.73 Å². The molecule has 0 atom stereocenters. The number of rotatable bonds is 4. The van der Waals surface area contributed by atoms with E-state index < -0.39 is 5.60 Å². The lowest BCUT2D eigenvalue weighted by molar-refractivity contribution is 0.0786. The van der Waals surface area contributed by atoms with E-state index in [1.165, 1.54) is 12.2 Å². The predicted octanol–water partition coefficient (Wildman–Crippen LogP) is 1.77. The Bertz CT molecular complexity index is 470. The summed E-state index contributed by atoms with van der Waals surface area (Å²) >= 11 is 0. The fourth-order valence-corrected chi connectivity index (χ4v) is 1.34. The largest absolute Gasteiger partial charge is 0.386 e. The van der Waals surface area contributed by atoms with E-state index in [1.807, 2.05) is 6.07 Å². The maximum atomic E-state index is 9.87. The van der Waals surface area contributed by atoms with Gasteiger partial charge in [0.05, 0.1) is 11.3 Å². The summed E-state index contributed by atoms with van der Waals surface area (Å²) in [5, 5.41) is 24.7. The molecule has 4 heteroatoms. The van der Waals surface area contributed by atoms with Crippen LogP contribution in [0.3, 0.4) is 0 Å². The molecule has 0 fully saturated rings. The number of nitrogens with two attached hydrogens (primary N) is 1. The third-order valence-electron chi connectivity index (χ3n) is 2.31. The van der Waals surface area contributed by atoms with Crippen LogP contribution in [-0.2, 0) is 5.60 Å². The van der Waals surface area contributed by atoms with Crippen molar-refractivity contribution in [1.29, 1.82) is 10.8 Å². The van der Waals surface area contributed by atoms with Crippen LogP contribution >= 0.6 is 0 Å². The minimum absolute atomic E-state index is 0.0895. The maximum absolute atomic E-state index is 9.87. The van der Waals surface area contributed by atoms with Gasteiger partial charge in [0.15, 0.2) is 0 Å². The lowest BCUT2D eigenvalue weighted by Gasteiger charge is -2.18. The Morgan fingerprint density at radius 1 is 1.29 bits per heavy atom. The van der Waals surface area contributed by atoms with E-state index in [0.717, 1.165) is 5.56 Å². The zero-order valence-corrected chi connectivity index (χ0v) is 9.99. The molecular weight excluding hydrogens is 214 g/mol. The maximum Gasteiger partial charge on any atom is 0.115 e. The molecule has 17 heavy (non-hydrogen) atoms. The van der Waals surface area contributed by atoms with Gasteiger partial charge in [-0.1, -0.05) is 18.2 Å². The summed E-state index contributed by atoms with van der Waals surface area (Å²) < 4.78 is 0. The second kappa shape index (κ2) is 4.93. The lowest BCUT2D eigenvalue weighted by atomic mass is 9.95. The molecule has 0 radical (unpaired) electrons. The van der Waals surface area contributed by atoms with Crippen LogP contribution in [0.25, 0.3) is 0 Å². The van der Waals surface area contributed by atoms with Crippen molar-refractivity contribution >= 4 is 11.5 Å². The van der Waals surface area contributed by atoms with Crippen LogP contribution < -0.4 is 5.73 Å². The van der Waals surface area contributed by atoms with Gasteiger partial charge in [0.1, 0.15) is 5.84 Å². The van der Waals surface area contributed by atoms with Crippen LogP contribution in [0, 0.1) is 10.8 Å². The Kier molecular flexibility index (Phi) is 3.81. The number of hydrogen-bond donors (Lipinski definition) is 4. The van der Waals surface area contributed by atoms with Crippen LogP contribution in [0.1, 0.15) is 25.0 Å². The number of hydrogen-bond acceptors (Lipinski definition) is 3. The van der Waals surface area contributed by atoms with E-state index in [-0.39, 0.29) is 11.5 Å². The fraction of sp³-hybridized carbons (Fsp3) is 0.231. The molecule has 4 nitrogen and oxygen atoms in total. The first-order valence-corrected chi connectivity index (χ1v) is 5.24. The SMILES string of the molecule is CC(C)(O)c1cccc(C(=N)/C=C\C(=N)N)c1. The highest BCUT2D eigenvalue weighted by Crippen LogP contribution is 2.20. The number of nitrogens with one attached hydrogen (secondary N) is 2. The van der Waals surface area contributed by atoms with E-state index in [0.29, 0.717) is 5.56 Å². The molecule has 0 heterocycles. The standard InChI is InChI=1S/C13H17N3O/c1-13(2,17)10-5-3-4-9(8-10)11(14)6-7-12(15)16/h3-8,14,17H,1-2H3,(H3,15,16)/b7-6-,14-11?. The quantitative estimate of drug-likeness (QED) is 0.469. The van der Waals surface area contributed by atoms with Crippen molar-refractivity contribution in [3.63, 3.8) is 0 Å². The van der Waals surface area contributed by atoms with Gasteiger partial charge in [-0.25, -0.2) is 0 Å². The van der Waals surface area contributed by atoms with Crippen molar-refractivity contribution in [3.8, 4) is 0 Å². The molecule has 0 aliphatic heterocycles. The fourth-order valence-electron chi connectivity index (χ4n) is 1.34. The van der Waals surface area contributed by atoms with E-state index in [9.17, 15) is 5.11 Å². The highest BCUT2D eigenvalue weighted by molar-refractivity contribution is 6.09. The Morgan fingerprint density at radius 2 is 1.94 bits per heavy atom. The van der Waals surface area contributed by atoms with Gasteiger partial charge in [-0.3, -0.25) is 5.41 Å². The van der Waals surface area contributed by atoms with Gasteiger partial charge >= 0.3 is 0 Å². The minimum Gasteiger partial charge on any atom is -0.386 e. The summed E-state index contributed by atoms with van der Waals surface area (Å²) in [4.78, 5) is 0. The Morgan fingerprint density at radius 3 is 2.47 bits per heavy atom. The smallest absolute Gasteiger partial charge is 0.115 e. The predicted molar refractivity (Wildman–Crippen MR) is 69.6 cm³/mol. The molecule has 0 bridgehead atoms. The molecule has 1 rings (SSSR count). The Labute approximate surface area is 101 Å². The van der Waals surface area contributed by atoms with Crippen molar-refractivity contribution in [2.45, 2.75) is 19.4 Å². The summed E-state index contributed by atoms with van der Waals surface area (Å²) in [5.74, 6) is -0.0895. The zero-order valence-electron chi connectivity index (χ0n) is 9.99. The second-order valence-electron chi connectivity index (χ2n) is 4.34. The lowest BCUT2D eigenvalue weighted by Crippen LogP contribution is -2.16. The topological polar surface area (TPSA) is 94.0 Å². The average molecular weight is 231 g/mol. The van der Waals surface area contributed by atoms with Crippen molar-refractivity contribution in [2.75, 3.05) is 0 Å². The van der Waals surface area contributed by atoms with Crippen molar-refractivity contribution in [1.82, 2.24) is 0 Å². The minimum atomic E-state index is -0.930. The molecule has 0 saturated carbocycles. The van der Waals surface area contributed by atoms with Gasteiger partial charge in [0.2, 0.25) is 0 Å². The molecule has 0 aliphatic carbocycles. The molecule has 0 spiro atoms. The summed E-state index contributed by atoms with van der Waals surface area (Å²) in [7, 11) is 0. The summed E-state index contributed by atoms with van der Waals surface area (Å²) in [6.07, 6.45) is 2.82. The Balaban J connectivity index is 3.00. The van der Waals surface area contributed by atoms with E-state index in [1.54, 1.807) is 32.0 Å². The van der Waals surface area contributed by atoms with E-state index >= 15 is 0 Å². The number of allylic oxidation sites excluding steroid dienone is 1. The van der Waals surface area contributed by atoms with Crippen LogP contribution in [0.2, 0.25) is 0 Å².